The normalized spacial score (nSPS) is 14.1. The minimum absolute atomic E-state index is 0.0402. The summed E-state index contributed by atoms with van der Waals surface area (Å²) in [7, 11) is -3.79. The van der Waals surface area contributed by atoms with Crippen molar-refractivity contribution in [2.45, 2.75) is 11.4 Å². The van der Waals surface area contributed by atoms with Crippen LogP contribution in [0, 0.1) is 17.2 Å². The summed E-state index contributed by atoms with van der Waals surface area (Å²) in [5.41, 5.74) is 9.20. The van der Waals surface area contributed by atoms with E-state index in [0.29, 0.717) is 33.8 Å². The topological polar surface area (TPSA) is 181 Å². The molecule has 0 saturated carbocycles. The zero-order chi connectivity index (χ0) is 26.2. The average molecular weight is 517 g/mol. The summed E-state index contributed by atoms with van der Waals surface area (Å²) in [6.45, 7) is 0.157. The Morgan fingerprint density at radius 2 is 1.84 bits per heavy atom. The lowest BCUT2D eigenvalue weighted by molar-refractivity contribution is -0.145. The molecule has 3 N–H and O–H groups in total. The zero-order valence-corrected chi connectivity index (χ0v) is 20.1. The maximum absolute atomic E-state index is 12.9. The molecular weight excluding hydrogens is 496 g/mol. The van der Waals surface area contributed by atoms with Gasteiger partial charge >= 0.3 is 5.97 Å². The monoisotopic (exact) mass is 516 g/mol. The van der Waals surface area contributed by atoms with Crippen molar-refractivity contribution in [3.05, 3.63) is 71.9 Å². The smallest absolute Gasteiger partial charge is 0.309 e. The number of benzene rings is 2. The molecule has 3 heterocycles. The first-order valence-corrected chi connectivity index (χ1v) is 12.5. The highest BCUT2D eigenvalue weighted by Gasteiger charge is 2.40. The van der Waals surface area contributed by atoms with Crippen molar-refractivity contribution in [2.24, 2.45) is 5.92 Å². The van der Waals surface area contributed by atoms with E-state index in [-0.39, 0.29) is 30.5 Å². The minimum atomic E-state index is -3.79. The second-order valence-corrected chi connectivity index (χ2v) is 10.4. The Labute approximate surface area is 211 Å². The summed E-state index contributed by atoms with van der Waals surface area (Å²) < 4.78 is 28.4. The molecule has 0 atom stereocenters. The fourth-order valence-electron chi connectivity index (χ4n) is 3.92. The molecule has 4 aromatic rings. The third-order valence-corrected chi connectivity index (χ3v) is 7.74. The van der Waals surface area contributed by atoms with Crippen molar-refractivity contribution >= 4 is 21.9 Å². The van der Waals surface area contributed by atoms with E-state index in [1.165, 1.54) is 12.1 Å². The molecule has 13 heteroatoms. The summed E-state index contributed by atoms with van der Waals surface area (Å²) in [6, 6.07) is 17.2. The Morgan fingerprint density at radius 3 is 2.59 bits per heavy atom. The predicted octanol–water partition coefficient (Wildman–Crippen LogP) is 1.61. The molecule has 0 radical (unpaired) electrons. The first-order chi connectivity index (χ1) is 17.7. The summed E-state index contributed by atoms with van der Waals surface area (Å²) in [5, 5.41) is 26.5. The van der Waals surface area contributed by atoms with Crippen LogP contribution in [0.3, 0.4) is 0 Å². The molecule has 1 saturated heterocycles. The largest absolute Gasteiger partial charge is 0.481 e. The zero-order valence-electron chi connectivity index (χ0n) is 19.3. The summed E-state index contributed by atoms with van der Waals surface area (Å²) in [5.74, 6) is -1.65. The predicted molar refractivity (Wildman–Crippen MR) is 131 cm³/mol. The molecule has 12 nitrogen and oxygen atoms in total. The number of carboxylic acid groups (broad SMARTS) is 1. The molecule has 0 spiro atoms. The molecule has 186 valence electrons. The number of nitrogen functional groups attached to an aromatic ring is 1. The SMILES string of the molecule is N#Cc1cccc(-c2cc(-c3cn(Cc4cccc(S(=O)(=O)N5CC(C(=O)O)C5)c4)nn3)nc(N)n2)c1. The fraction of sp³-hybridized carbons (Fsp3) is 0.167. The maximum atomic E-state index is 12.9. The number of sulfonamides is 1. The Balaban J connectivity index is 1.36. The lowest BCUT2D eigenvalue weighted by atomic mass is 10.0. The van der Waals surface area contributed by atoms with Gasteiger partial charge in [0.1, 0.15) is 5.69 Å². The van der Waals surface area contributed by atoms with Gasteiger partial charge in [0.15, 0.2) is 0 Å². The fourth-order valence-corrected chi connectivity index (χ4v) is 5.52. The molecule has 2 aromatic heterocycles. The summed E-state index contributed by atoms with van der Waals surface area (Å²) >= 11 is 0. The van der Waals surface area contributed by atoms with Crippen molar-refractivity contribution in [1.29, 1.82) is 5.26 Å². The molecule has 0 amide bonds. The summed E-state index contributed by atoms with van der Waals surface area (Å²) in [6.07, 6.45) is 1.66. The number of rotatable bonds is 7. The molecule has 0 bridgehead atoms. The van der Waals surface area contributed by atoms with E-state index in [2.05, 4.69) is 26.3 Å². The van der Waals surface area contributed by atoms with Crippen molar-refractivity contribution in [3.63, 3.8) is 0 Å². The number of nitrogens with two attached hydrogens (primary N) is 1. The second kappa shape index (κ2) is 9.41. The van der Waals surface area contributed by atoms with E-state index in [0.717, 1.165) is 4.31 Å². The van der Waals surface area contributed by atoms with Crippen LogP contribution < -0.4 is 5.73 Å². The Hall–Kier alpha value is -4.67. The van der Waals surface area contributed by atoms with Crippen LogP contribution in [0.15, 0.2) is 65.7 Å². The van der Waals surface area contributed by atoms with E-state index in [1.807, 2.05) is 6.07 Å². The minimum Gasteiger partial charge on any atom is -0.481 e. The van der Waals surface area contributed by atoms with Gasteiger partial charge in [-0.3, -0.25) is 4.79 Å². The van der Waals surface area contributed by atoms with Gasteiger partial charge in [-0.15, -0.1) is 5.10 Å². The Morgan fingerprint density at radius 1 is 1.08 bits per heavy atom. The van der Waals surface area contributed by atoms with Crippen LogP contribution in [-0.2, 0) is 21.4 Å². The van der Waals surface area contributed by atoms with E-state index >= 15 is 0 Å². The van der Waals surface area contributed by atoms with Gasteiger partial charge in [-0.05, 0) is 35.9 Å². The van der Waals surface area contributed by atoms with E-state index < -0.39 is 21.9 Å². The Bertz CT molecular complexity index is 1660. The van der Waals surface area contributed by atoms with E-state index in [1.54, 1.807) is 47.3 Å². The molecule has 37 heavy (non-hydrogen) atoms. The third-order valence-electron chi connectivity index (χ3n) is 5.91. The van der Waals surface area contributed by atoms with Crippen LogP contribution in [0.2, 0.25) is 0 Å². The van der Waals surface area contributed by atoms with Crippen molar-refractivity contribution in [1.82, 2.24) is 29.3 Å². The maximum Gasteiger partial charge on any atom is 0.309 e. The quantitative estimate of drug-likeness (QED) is 0.366. The second-order valence-electron chi connectivity index (χ2n) is 8.50. The molecule has 1 aliphatic rings. The number of hydrogen-bond donors (Lipinski definition) is 2. The van der Waals surface area contributed by atoms with Crippen LogP contribution in [0.25, 0.3) is 22.6 Å². The van der Waals surface area contributed by atoms with Gasteiger partial charge in [0.05, 0.1) is 46.6 Å². The number of nitriles is 1. The number of hydrogen-bond acceptors (Lipinski definition) is 9. The molecule has 0 aliphatic carbocycles. The number of carbonyl (C=O) groups is 1. The highest BCUT2D eigenvalue weighted by molar-refractivity contribution is 7.89. The standard InChI is InChI=1S/C24H20N8O4S/c25-10-15-3-1-5-17(7-15)20-9-21(28-24(26)27-20)22-14-31(30-29-22)11-16-4-2-6-19(8-16)37(35,36)32-12-18(13-32)23(33)34/h1-9,14,18H,11-13H2,(H,33,34)(H2,26,27,28). The number of anilines is 1. The Kier molecular flexibility index (Phi) is 6.12. The van der Waals surface area contributed by atoms with E-state index in [9.17, 15) is 13.2 Å². The number of carboxylic acids is 1. The van der Waals surface area contributed by atoms with Gasteiger partial charge < -0.3 is 10.8 Å². The van der Waals surface area contributed by atoms with Crippen LogP contribution >= 0.6 is 0 Å². The van der Waals surface area contributed by atoms with Crippen molar-refractivity contribution < 1.29 is 18.3 Å². The highest BCUT2D eigenvalue weighted by atomic mass is 32.2. The number of aliphatic carboxylic acids is 1. The van der Waals surface area contributed by atoms with Gasteiger partial charge in [0.25, 0.3) is 0 Å². The molecular formula is C24H20N8O4S. The molecule has 2 aromatic carbocycles. The first-order valence-electron chi connectivity index (χ1n) is 11.1. The van der Waals surface area contributed by atoms with Crippen molar-refractivity contribution in [3.8, 4) is 28.7 Å². The average Bonchev–Trinajstić information content (AvgIpc) is 3.31. The van der Waals surface area contributed by atoms with Gasteiger partial charge in [-0.25, -0.2) is 23.1 Å². The van der Waals surface area contributed by atoms with Gasteiger partial charge in [0.2, 0.25) is 16.0 Å². The number of aromatic nitrogens is 5. The van der Waals surface area contributed by atoms with Crippen LogP contribution in [0.4, 0.5) is 5.95 Å². The lowest BCUT2D eigenvalue weighted by Crippen LogP contribution is -2.52. The van der Waals surface area contributed by atoms with Gasteiger partial charge in [-0.2, -0.15) is 9.57 Å². The molecule has 1 fully saturated rings. The number of nitrogens with zero attached hydrogens (tertiary/aromatic N) is 7. The van der Waals surface area contributed by atoms with Crippen LogP contribution in [-0.4, -0.2) is 61.9 Å². The van der Waals surface area contributed by atoms with Gasteiger partial charge in [0, 0.05) is 18.7 Å². The van der Waals surface area contributed by atoms with Crippen LogP contribution in [0.5, 0.6) is 0 Å². The molecule has 0 unspecified atom stereocenters. The molecule has 1 aliphatic heterocycles. The van der Waals surface area contributed by atoms with Crippen molar-refractivity contribution in [2.75, 3.05) is 18.8 Å². The molecule has 5 rings (SSSR count). The third kappa shape index (κ3) is 4.88. The lowest BCUT2D eigenvalue weighted by Gasteiger charge is -2.35. The van der Waals surface area contributed by atoms with Gasteiger partial charge in [-0.1, -0.05) is 29.5 Å². The first kappa shape index (κ1) is 24.0. The van der Waals surface area contributed by atoms with E-state index in [4.69, 9.17) is 16.1 Å². The van der Waals surface area contributed by atoms with Crippen LogP contribution in [0.1, 0.15) is 11.1 Å². The summed E-state index contributed by atoms with van der Waals surface area (Å²) in [4.78, 5) is 19.6. The highest BCUT2D eigenvalue weighted by Crippen LogP contribution is 2.27.